The van der Waals surface area contributed by atoms with E-state index in [1.807, 2.05) is 48.5 Å². The monoisotopic (exact) mass is 557 g/mol. The van der Waals surface area contributed by atoms with Crippen LogP contribution in [0.5, 0.6) is 0 Å². The molecule has 37 heavy (non-hydrogen) atoms. The number of hydrogen-bond acceptors (Lipinski definition) is 7. The third kappa shape index (κ3) is 6.41. The van der Waals surface area contributed by atoms with Crippen LogP contribution < -0.4 is 5.32 Å². The summed E-state index contributed by atoms with van der Waals surface area (Å²) < 4.78 is 12.4. The van der Waals surface area contributed by atoms with E-state index in [0.29, 0.717) is 41.9 Å². The Labute approximate surface area is 228 Å². The Hall–Kier alpha value is -2.72. The number of benzene rings is 2. The molecule has 10 heteroatoms. The number of amides is 2. The lowest BCUT2D eigenvalue weighted by Gasteiger charge is -2.33. The molecule has 0 unspecified atom stereocenters. The largest absolute Gasteiger partial charge is 0.460 e. The van der Waals surface area contributed by atoms with Gasteiger partial charge in [0, 0.05) is 59.7 Å². The molecule has 0 spiro atoms. The van der Waals surface area contributed by atoms with Gasteiger partial charge in [-0.25, -0.2) is 4.79 Å². The number of thiophene rings is 1. The molecule has 1 aliphatic rings. The van der Waals surface area contributed by atoms with Crippen LogP contribution in [0.25, 0.3) is 21.1 Å². The zero-order valence-corrected chi connectivity index (χ0v) is 22.7. The fourth-order valence-electron chi connectivity index (χ4n) is 4.28. The molecular weight excluding hydrogens is 530 g/mol. The predicted molar refractivity (Wildman–Crippen MR) is 151 cm³/mol. The van der Waals surface area contributed by atoms with Crippen molar-refractivity contribution in [2.75, 3.05) is 50.8 Å². The van der Waals surface area contributed by atoms with Gasteiger partial charge in [0.1, 0.15) is 22.8 Å². The first-order valence-electron chi connectivity index (χ1n) is 12.2. The van der Waals surface area contributed by atoms with Crippen LogP contribution in [-0.4, -0.2) is 72.6 Å². The number of furan rings is 1. The smallest absolute Gasteiger partial charge is 0.409 e. The van der Waals surface area contributed by atoms with Crippen LogP contribution in [0.2, 0.25) is 5.02 Å². The molecule has 0 aliphatic carbocycles. The van der Waals surface area contributed by atoms with Crippen molar-refractivity contribution in [2.45, 2.75) is 6.54 Å². The number of nitrogens with zero attached hydrogens (tertiary/aromatic N) is 2. The Morgan fingerprint density at radius 1 is 1.05 bits per heavy atom. The second kappa shape index (κ2) is 12.2. The van der Waals surface area contributed by atoms with E-state index in [-0.39, 0.29) is 12.0 Å². The van der Waals surface area contributed by atoms with Crippen LogP contribution in [-0.2, 0) is 11.3 Å². The van der Waals surface area contributed by atoms with Crippen LogP contribution >= 0.6 is 34.7 Å². The molecule has 2 aromatic heterocycles. The summed E-state index contributed by atoms with van der Waals surface area (Å²) in [5.74, 6) is 2.19. The Morgan fingerprint density at radius 2 is 1.84 bits per heavy atom. The van der Waals surface area contributed by atoms with Crippen molar-refractivity contribution in [3.05, 3.63) is 70.3 Å². The van der Waals surface area contributed by atoms with Crippen LogP contribution in [0.1, 0.15) is 15.4 Å². The Bertz CT molecular complexity index is 1350. The number of piperazine rings is 1. The molecule has 7 nitrogen and oxygen atoms in total. The summed E-state index contributed by atoms with van der Waals surface area (Å²) in [6, 6.07) is 17.8. The quantitative estimate of drug-likeness (QED) is 0.265. The third-order valence-corrected chi connectivity index (χ3v) is 8.84. The highest BCUT2D eigenvalue weighted by Crippen LogP contribution is 2.35. The van der Waals surface area contributed by atoms with Gasteiger partial charge in [0.15, 0.2) is 0 Å². The highest BCUT2D eigenvalue weighted by molar-refractivity contribution is 7.99. The molecule has 194 valence electrons. The zero-order valence-electron chi connectivity index (χ0n) is 20.3. The lowest BCUT2D eigenvalue weighted by Crippen LogP contribution is -2.48. The highest BCUT2D eigenvalue weighted by atomic mass is 35.5. The summed E-state index contributed by atoms with van der Waals surface area (Å²) in [6.07, 6.45) is -0.267. The number of nitrogens with one attached hydrogen (secondary N) is 1. The summed E-state index contributed by atoms with van der Waals surface area (Å²) in [5.41, 5.74) is 0.903. The molecule has 0 bridgehead atoms. The lowest BCUT2D eigenvalue weighted by molar-refractivity contribution is 0.0768. The summed E-state index contributed by atoms with van der Waals surface area (Å²) in [7, 11) is 0. The summed E-state index contributed by atoms with van der Waals surface area (Å²) in [5, 5.41) is 5.44. The zero-order chi connectivity index (χ0) is 25.6. The number of halogens is 1. The number of thioether (sulfide) groups is 1. The van der Waals surface area contributed by atoms with Gasteiger partial charge in [0.25, 0.3) is 5.91 Å². The minimum Gasteiger partial charge on any atom is -0.460 e. The van der Waals surface area contributed by atoms with Gasteiger partial charge in [-0.05, 0) is 18.2 Å². The van der Waals surface area contributed by atoms with E-state index in [0.717, 1.165) is 52.2 Å². The molecule has 0 saturated carbocycles. The fourth-order valence-corrected chi connectivity index (χ4v) is 6.37. The molecule has 4 aromatic rings. The van der Waals surface area contributed by atoms with Gasteiger partial charge in [-0.2, -0.15) is 11.8 Å². The second-order valence-electron chi connectivity index (χ2n) is 8.74. The van der Waals surface area contributed by atoms with E-state index >= 15 is 0 Å². The fraction of sp³-hybridized carbons (Fsp3) is 0.333. The summed E-state index contributed by atoms with van der Waals surface area (Å²) >= 11 is 9.41. The molecular formula is C27H28ClN3O4S2. The number of fused-ring (bicyclic) bond motifs is 2. The van der Waals surface area contributed by atoms with E-state index in [2.05, 4.69) is 16.3 Å². The van der Waals surface area contributed by atoms with E-state index in [9.17, 15) is 9.59 Å². The van der Waals surface area contributed by atoms with Gasteiger partial charge < -0.3 is 19.4 Å². The molecule has 1 saturated heterocycles. The average Bonchev–Trinajstić information content (AvgIpc) is 3.48. The maximum absolute atomic E-state index is 12.5. The summed E-state index contributed by atoms with van der Waals surface area (Å²) in [4.78, 5) is 29.5. The highest BCUT2D eigenvalue weighted by Gasteiger charge is 2.23. The molecule has 1 fully saturated rings. The Balaban J connectivity index is 0.944. The van der Waals surface area contributed by atoms with E-state index < -0.39 is 0 Å². The van der Waals surface area contributed by atoms with Crippen molar-refractivity contribution >= 4 is 67.8 Å². The van der Waals surface area contributed by atoms with E-state index in [1.165, 1.54) is 11.3 Å². The number of hydrogen-bond donors (Lipinski definition) is 1. The van der Waals surface area contributed by atoms with Crippen molar-refractivity contribution < 1.29 is 18.7 Å². The third-order valence-electron chi connectivity index (χ3n) is 6.21. The Kier molecular flexibility index (Phi) is 8.55. The average molecular weight is 558 g/mol. The van der Waals surface area contributed by atoms with Gasteiger partial charge in [-0.3, -0.25) is 9.69 Å². The van der Waals surface area contributed by atoms with Crippen LogP contribution in [0, 0.1) is 0 Å². The lowest BCUT2D eigenvalue weighted by atomic mass is 10.2. The number of rotatable bonds is 9. The van der Waals surface area contributed by atoms with Gasteiger partial charge in [-0.15, -0.1) is 11.3 Å². The predicted octanol–water partition coefficient (Wildman–Crippen LogP) is 5.72. The van der Waals surface area contributed by atoms with E-state index in [1.54, 1.807) is 16.7 Å². The number of carbonyl (C=O) groups excluding carboxylic acids is 2. The summed E-state index contributed by atoms with van der Waals surface area (Å²) in [6.45, 7) is 4.44. The molecule has 2 amide bonds. The van der Waals surface area contributed by atoms with Crippen molar-refractivity contribution in [1.29, 1.82) is 0 Å². The van der Waals surface area contributed by atoms with Crippen LogP contribution in [0.4, 0.5) is 4.79 Å². The first kappa shape index (κ1) is 25.9. The minimum atomic E-state index is -0.267. The molecule has 0 atom stereocenters. The van der Waals surface area contributed by atoms with Crippen molar-refractivity contribution in [1.82, 2.24) is 15.1 Å². The topological polar surface area (TPSA) is 75.0 Å². The maximum Gasteiger partial charge on any atom is 0.409 e. The van der Waals surface area contributed by atoms with Gasteiger partial charge in [0.05, 0.1) is 11.6 Å². The number of para-hydroxylation sites is 1. The first-order valence-corrected chi connectivity index (χ1v) is 14.6. The van der Waals surface area contributed by atoms with E-state index in [4.69, 9.17) is 20.8 Å². The number of ether oxygens (including phenoxy) is 1. The van der Waals surface area contributed by atoms with Crippen molar-refractivity contribution in [2.24, 2.45) is 0 Å². The standard InChI is InChI=1S/C27H28ClN3O4S2/c28-24-21-6-2-4-8-23(21)37-25(24)26(32)29-9-15-36-16-14-34-27(33)31-12-10-30(11-13-31)18-20-17-19-5-1-3-7-22(19)35-20/h1-8,17H,9-16,18H2,(H,29,32). The van der Waals surface area contributed by atoms with Crippen LogP contribution in [0.15, 0.2) is 59.0 Å². The minimum absolute atomic E-state index is 0.155. The first-order chi connectivity index (χ1) is 18.1. The normalized spacial score (nSPS) is 14.4. The molecule has 5 rings (SSSR count). The van der Waals surface area contributed by atoms with Crippen LogP contribution in [0.3, 0.4) is 0 Å². The van der Waals surface area contributed by atoms with Crippen molar-refractivity contribution in [3.8, 4) is 0 Å². The molecule has 0 radical (unpaired) electrons. The molecule has 3 heterocycles. The maximum atomic E-state index is 12.5. The second-order valence-corrected chi connectivity index (χ2v) is 11.4. The molecule has 2 aromatic carbocycles. The Morgan fingerprint density at radius 3 is 2.65 bits per heavy atom. The van der Waals surface area contributed by atoms with Gasteiger partial charge in [0.2, 0.25) is 0 Å². The van der Waals surface area contributed by atoms with Gasteiger partial charge >= 0.3 is 6.09 Å². The molecule has 1 aliphatic heterocycles. The van der Waals surface area contributed by atoms with Gasteiger partial charge in [-0.1, -0.05) is 48.0 Å². The van der Waals surface area contributed by atoms with Crippen molar-refractivity contribution in [3.63, 3.8) is 0 Å². The molecule has 1 N–H and O–H groups in total. The SMILES string of the molecule is O=C(NCCSCCOC(=O)N1CCN(Cc2cc3ccccc3o2)CC1)c1sc2ccccc2c1Cl. The number of carbonyl (C=O) groups is 2.